The van der Waals surface area contributed by atoms with Crippen LogP contribution >= 0.6 is 0 Å². The first-order valence-electron chi connectivity index (χ1n) is 6.34. The van der Waals surface area contributed by atoms with Gasteiger partial charge >= 0.3 is 69.5 Å². The monoisotopic (exact) mass is 334 g/mol. The zero-order valence-corrected chi connectivity index (χ0v) is 14.1. The molecule has 2 radical (unpaired) electrons. The number of unbranched alkanes of at least 4 members (excludes halogenated alkanes) is 2. The first-order valence-corrected chi connectivity index (χ1v) is 10.4. The molecule has 0 saturated carbocycles. The van der Waals surface area contributed by atoms with Gasteiger partial charge in [0.1, 0.15) is 0 Å². The van der Waals surface area contributed by atoms with E-state index < -0.39 is 0 Å². The maximum absolute atomic E-state index is 10.2. The Labute approximate surface area is 111 Å². The van der Waals surface area contributed by atoms with Crippen molar-refractivity contribution in [3.8, 4) is 0 Å². The molecule has 0 aliphatic carbocycles. The maximum atomic E-state index is 10.2. The number of ketones is 2. The normalized spacial score (nSPS) is 9.25. The van der Waals surface area contributed by atoms with E-state index in [4.69, 9.17) is 0 Å². The fourth-order valence-electron chi connectivity index (χ4n) is 0.977. The van der Waals surface area contributed by atoms with E-state index in [1.807, 2.05) is 0 Å². The van der Waals surface area contributed by atoms with Gasteiger partial charge in [0.05, 0.1) is 0 Å². The Hall–Kier alpha value is 0.139. The van der Waals surface area contributed by atoms with E-state index in [0.717, 1.165) is 0 Å². The molecule has 0 bridgehead atoms. The van der Waals surface area contributed by atoms with E-state index in [0.29, 0.717) is 6.42 Å². The van der Waals surface area contributed by atoms with Crippen LogP contribution in [-0.2, 0) is 9.59 Å². The molecule has 0 aromatic heterocycles. The van der Waals surface area contributed by atoms with Crippen LogP contribution in [0.3, 0.4) is 0 Å². The van der Waals surface area contributed by atoms with E-state index in [-0.39, 0.29) is 32.7 Å². The second-order valence-electron chi connectivity index (χ2n) is 3.79. The molecule has 0 aromatic rings. The van der Waals surface area contributed by atoms with Gasteiger partial charge in [-0.25, -0.2) is 0 Å². The van der Waals surface area contributed by atoms with Crippen LogP contribution < -0.4 is 0 Å². The van der Waals surface area contributed by atoms with E-state index in [2.05, 4.69) is 13.8 Å². The predicted octanol–water partition coefficient (Wildman–Crippen LogP) is 3.68. The molecule has 0 atom stereocenters. The number of rotatable bonds is 8. The van der Waals surface area contributed by atoms with E-state index in [1.165, 1.54) is 32.6 Å². The van der Waals surface area contributed by atoms with Gasteiger partial charge in [-0.1, -0.05) is 6.92 Å². The zero-order chi connectivity index (χ0) is 12.8. The van der Waals surface area contributed by atoms with Gasteiger partial charge in [-0.15, -0.1) is 0 Å². The summed E-state index contributed by atoms with van der Waals surface area (Å²) in [6, 6.07) is 0. The van der Waals surface area contributed by atoms with Gasteiger partial charge in [0.15, 0.2) is 11.6 Å². The Morgan fingerprint density at radius 3 is 1.56 bits per heavy atom. The summed E-state index contributed by atoms with van der Waals surface area (Å²) in [7, 11) is 0. The molecular weight excluding hydrogens is 307 g/mol. The number of Topliss-reactive ketones (excluding diaryl/α,β-unsaturated/α-hetero) is 2. The number of carbonyl (C=O) groups excluding carboxylic acids is 2. The van der Waals surface area contributed by atoms with Gasteiger partial charge < -0.3 is 0 Å². The van der Waals surface area contributed by atoms with Crippen molar-refractivity contribution in [2.45, 2.75) is 68.7 Å². The molecule has 0 fully saturated rings. The molecule has 0 unspecified atom stereocenters. The van der Waals surface area contributed by atoms with E-state index in [1.54, 1.807) is 15.8 Å². The molecule has 16 heavy (non-hydrogen) atoms. The van der Waals surface area contributed by atoms with Crippen molar-refractivity contribution >= 4 is 32.7 Å². The van der Waals surface area contributed by atoms with Crippen LogP contribution in [-0.4, -0.2) is 32.7 Å². The fourth-order valence-corrected chi connectivity index (χ4v) is 5.14. The summed E-state index contributed by atoms with van der Waals surface area (Å²) < 4.78 is 3.25. The van der Waals surface area contributed by atoms with Crippen LogP contribution in [0.25, 0.3) is 0 Å². The Bertz CT molecular complexity index is 173. The summed E-state index contributed by atoms with van der Waals surface area (Å²) in [5, 5.41) is 0. The van der Waals surface area contributed by atoms with E-state index >= 15 is 0 Å². The van der Waals surface area contributed by atoms with Crippen LogP contribution in [0.5, 0.6) is 0 Å². The molecule has 0 amide bonds. The van der Waals surface area contributed by atoms with Gasteiger partial charge in [0.25, 0.3) is 0 Å². The number of carbonyl (C=O) groups is 2. The second-order valence-corrected chi connectivity index (χ2v) is 8.07. The van der Waals surface area contributed by atoms with Crippen molar-refractivity contribution in [1.82, 2.24) is 0 Å². The number of hydrogen-bond acceptors (Lipinski definition) is 2. The minimum atomic E-state index is -0.345. The summed E-state index contributed by atoms with van der Waals surface area (Å²) in [5.41, 5.74) is 0. The molecule has 0 aromatic carbocycles. The van der Waals surface area contributed by atoms with Gasteiger partial charge in [0.2, 0.25) is 0 Å². The summed E-state index contributed by atoms with van der Waals surface area (Å²) in [4.78, 5) is 20.2. The zero-order valence-electron chi connectivity index (χ0n) is 11.3. The average Bonchev–Trinajstić information content (AvgIpc) is 2.28. The van der Waals surface area contributed by atoms with Crippen molar-refractivity contribution in [1.29, 1.82) is 0 Å². The molecule has 0 spiro atoms. The summed E-state index contributed by atoms with van der Waals surface area (Å²) >= 11 is 0.149. The standard InChI is InChI=1S/C5H8O2.2C4H9.Sn/c1-3-5(7)4(2)6;2*1-3-4-2;/h3H2,1-2H3;2*1,3-4H2,2H3;. The third kappa shape index (κ3) is 16.6. The Morgan fingerprint density at radius 2 is 1.38 bits per heavy atom. The Morgan fingerprint density at radius 1 is 0.938 bits per heavy atom. The van der Waals surface area contributed by atoms with E-state index in [9.17, 15) is 9.59 Å². The van der Waals surface area contributed by atoms with Crippen LogP contribution in [0, 0.1) is 0 Å². The van der Waals surface area contributed by atoms with Crippen LogP contribution in [0.2, 0.25) is 8.87 Å². The third-order valence-corrected chi connectivity index (χ3v) is 6.16. The quantitative estimate of drug-likeness (QED) is 0.386. The SMILES string of the molecule is CCC(=O)C(C)=O.CCC[CH2][Sn][CH2]CCC. The van der Waals surface area contributed by atoms with Gasteiger partial charge in [0, 0.05) is 13.3 Å². The van der Waals surface area contributed by atoms with Crippen molar-refractivity contribution < 1.29 is 9.59 Å². The molecule has 0 N–H and O–H groups in total. The molecule has 3 heteroatoms. The van der Waals surface area contributed by atoms with Crippen molar-refractivity contribution in [3.05, 3.63) is 0 Å². The second kappa shape index (κ2) is 15.1. The van der Waals surface area contributed by atoms with Gasteiger partial charge in [-0.2, -0.15) is 0 Å². The molecular formula is C13H26O2Sn. The van der Waals surface area contributed by atoms with Crippen LogP contribution in [0.4, 0.5) is 0 Å². The first-order chi connectivity index (χ1) is 7.59. The molecule has 0 aliphatic heterocycles. The summed E-state index contributed by atoms with van der Waals surface area (Å²) in [5.74, 6) is -0.637. The predicted molar refractivity (Wildman–Crippen MR) is 71.2 cm³/mol. The molecule has 0 heterocycles. The van der Waals surface area contributed by atoms with Gasteiger partial charge in [-0.3, -0.25) is 9.59 Å². The average molecular weight is 333 g/mol. The molecule has 0 saturated heterocycles. The van der Waals surface area contributed by atoms with Crippen molar-refractivity contribution in [2.75, 3.05) is 0 Å². The van der Waals surface area contributed by atoms with Crippen molar-refractivity contribution in [2.24, 2.45) is 0 Å². The number of hydrogen-bond donors (Lipinski definition) is 0. The topological polar surface area (TPSA) is 34.1 Å². The fraction of sp³-hybridized carbons (Fsp3) is 0.846. The summed E-state index contributed by atoms with van der Waals surface area (Å²) in [6.45, 7) is 7.54. The minimum absolute atomic E-state index is 0.149. The molecule has 94 valence electrons. The molecule has 2 nitrogen and oxygen atoms in total. The Balaban J connectivity index is 0. The summed E-state index contributed by atoms with van der Waals surface area (Å²) in [6.07, 6.45) is 6.17. The molecule has 0 rings (SSSR count). The first kappa shape index (κ1) is 18.5. The van der Waals surface area contributed by atoms with Crippen LogP contribution in [0.1, 0.15) is 59.8 Å². The Kier molecular flexibility index (Phi) is 17.5. The van der Waals surface area contributed by atoms with Crippen molar-refractivity contribution in [3.63, 3.8) is 0 Å². The third-order valence-electron chi connectivity index (χ3n) is 2.13. The molecule has 0 aliphatic rings. The van der Waals surface area contributed by atoms with Gasteiger partial charge in [-0.05, 0) is 0 Å². The van der Waals surface area contributed by atoms with Crippen LogP contribution in [0.15, 0.2) is 0 Å².